The summed E-state index contributed by atoms with van der Waals surface area (Å²) in [6, 6.07) is 0. The molecule has 0 aromatic rings. The summed E-state index contributed by atoms with van der Waals surface area (Å²) < 4.78 is 0. The standard InChI is InChI=1S/C13H17/c1-11-6-5-8-12-7-3-2-4-9-13(11)10-12/h5-6,8,10H,2-4,7,9H2,1H3. The van der Waals surface area contributed by atoms with E-state index in [0.717, 1.165) is 0 Å². The molecule has 1 saturated carbocycles. The lowest BCUT2D eigenvalue weighted by atomic mass is 9.91. The van der Waals surface area contributed by atoms with Gasteiger partial charge in [0.15, 0.2) is 0 Å². The first-order chi connectivity index (χ1) is 6.36. The molecule has 0 heterocycles. The fourth-order valence-electron chi connectivity index (χ4n) is 2.06. The third-order valence-corrected chi connectivity index (χ3v) is 2.93. The van der Waals surface area contributed by atoms with E-state index in [9.17, 15) is 0 Å². The highest BCUT2D eigenvalue weighted by Crippen LogP contribution is 2.29. The molecule has 0 aliphatic heterocycles. The molecule has 0 spiro atoms. The maximum Gasteiger partial charge on any atom is 0.0119 e. The molecule has 0 unspecified atom stereocenters. The quantitative estimate of drug-likeness (QED) is 0.520. The molecule has 0 amide bonds. The zero-order valence-electron chi connectivity index (χ0n) is 8.34. The molecule has 0 nitrogen and oxygen atoms in total. The van der Waals surface area contributed by atoms with Crippen molar-refractivity contribution in [1.82, 2.24) is 0 Å². The van der Waals surface area contributed by atoms with Gasteiger partial charge < -0.3 is 0 Å². The minimum Gasteiger partial charge on any atom is -0.0624 e. The van der Waals surface area contributed by atoms with Gasteiger partial charge in [-0.25, -0.2) is 0 Å². The highest BCUT2D eigenvalue weighted by molar-refractivity contribution is 5.42. The molecule has 0 atom stereocenters. The molecule has 13 heavy (non-hydrogen) atoms. The van der Waals surface area contributed by atoms with Crippen LogP contribution in [0.25, 0.3) is 0 Å². The zero-order chi connectivity index (χ0) is 9.10. The van der Waals surface area contributed by atoms with E-state index in [1.165, 1.54) is 43.3 Å². The molecule has 2 bridgehead atoms. The summed E-state index contributed by atoms with van der Waals surface area (Å²) in [6.07, 6.45) is 15.8. The molecular formula is C13H17. The van der Waals surface area contributed by atoms with E-state index in [-0.39, 0.29) is 0 Å². The van der Waals surface area contributed by atoms with Gasteiger partial charge in [-0.2, -0.15) is 0 Å². The van der Waals surface area contributed by atoms with Crippen LogP contribution in [-0.4, -0.2) is 0 Å². The van der Waals surface area contributed by atoms with Crippen molar-refractivity contribution in [2.24, 2.45) is 0 Å². The number of allylic oxidation sites excluding steroid dienone is 6. The summed E-state index contributed by atoms with van der Waals surface area (Å²) >= 11 is 0. The molecule has 2 rings (SSSR count). The molecule has 0 heteroatoms. The van der Waals surface area contributed by atoms with Crippen LogP contribution in [0.4, 0.5) is 0 Å². The lowest BCUT2D eigenvalue weighted by Crippen LogP contribution is -1.96. The fraction of sp³-hybridized carbons (Fsp3) is 0.462. The Morgan fingerprint density at radius 3 is 2.85 bits per heavy atom. The molecule has 1 fully saturated rings. The summed E-state index contributed by atoms with van der Waals surface area (Å²) in [5.74, 6) is 0. The third kappa shape index (κ3) is 2.12. The van der Waals surface area contributed by atoms with Crippen molar-refractivity contribution in [3.63, 3.8) is 0 Å². The lowest BCUT2D eigenvalue weighted by molar-refractivity contribution is 0.657. The fourth-order valence-corrected chi connectivity index (χ4v) is 2.06. The number of hydrogen-bond acceptors (Lipinski definition) is 0. The predicted octanol–water partition coefficient (Wildman–Crippen LogP) is 3.97. The van der Waals surface area contributed by atoms with Crippen molar-refractivity contribution in [2.45, 2.75) is 39.0 Å². The molecule has 2 aliphatic rings. The number of hydrogen-bond donors (Lipinski definition) is 0. The van der Waals surface area contributed by atoms with Crippen LogP contribution in [0.2, 0.25) is 0 Å². The smallest absolute Gasteiger partial charge is 0.0119 e. The van der Waals surface area contributed by atoms with E-state index in [1.54, 1.807) is 5.57 Å². The van der Waals surface area contributed by atoms with Crippen LogP contribution in [0.15, 0.2) is 34.9 Å². The van der Waals surface area contributed by atoms with E-state index in [1.807, 2.05) is 0 Å². The van der Waals surface area contributed by atoms with Crippen LogP contribution in [0.5, 0.6) is 0 Å². The maximum atomic E-state index is 2.40. The molecule has 0 aromatic heterocycles. The van der Waals surface area contributed by atoms with E-state index < -0.39 is 0 Å². The molecule has 69 valence electrons. The van der Waals surface area contributed by atoms with Crippen LogP contribution < -0.4 is 0 Å². The van der Waals surface area contributed by atoms with Crippen LogP contribution in [0.1, 0.15) is 39.0 Å². The Labute approximate surface area is 81.0 Å². The largest absolute Gasteiger partial charge is 0.0624 e. The molecule has 2 aliphatic carbocycles. The van der Waals surface area contributed by atoms with E-state index in [2.05, 4.69) is 31.6 Å². The van der Waals surface area contributed by atoms with Crippen molar-refractivity contribution in [2.75, 3.05) is 0 Å². The Hall–Kier alpha value is -0.780. The Balaban J connectivity index is 2.26. The van der Waals surface area contributed by atoms with Gasteiger partial charge in [-0.15, -0.1) is 0 Å². The Morgan fingerprint density at radius 1 is 1.08 bits per heavy atom. The highest BCUT2D eigenvalue weighted by Gasteiger charge is 2.10. The van der Waals surface area contributed by atoms with Crippen LogP contribution in [0.3, 0.4) is 0 Å². The topological polar surface area (TPSA) is 0 Å². The molecule has 1 radical (unpaired) electrons. The van der Waals surface area contributed by atoms with E-state index >= 15 is 0 Å². The van der Waals surface area contributed by atoms with Gasteiger partial charge in [-0.1, -0.05) is 41.4 Å². The van der Waals surface area contributed by atoms with Crippen molar-refractivity contribution in [3.05, 3.63) is 41.4 Å². The molecular weight excluding hydrogens is 156 g/mol. The first-order valence-corrected chi connectivity index (χ1v) is 5.28. The number of rotatable bonds is 0. The normalized spacial score (nSPS) is 23.3. The van der Waals surface area contributed by atoms with Crippen molar-refractivity contribution < 1.29 is 0 Å². The maximum absolute atomic E-state index is 2.40. The van der Waals surface area contributed by atoms with Gasteiger partial charge in [0.1, 0.15) is 0 Å². The molecule has 0 aromatic carbocycles. The van der Waals surface area contributed by atoms with Crippen molar-refractivity contribution in [1.29, 1.82) is 0 Å². The van der Waals surface area contributed by atoms with Gasteiger partial charge >= 0.3 is 0 Å². The summed E-state index contributed by atoms with van der Waals surface area (Å²) in [6.45, 7) is 2.22. The van der Waals surface area contributed by atoms with Gasteiger partial charge in [-0.05, 0) is 32.6 Å². The predicted molar refractivity (Wildman–Crippen MR) is 57.3 cm³/mol. The summed E-state index contributed by atoms with van der Waals surface area (Å²) in [5, 5.41) is 0. The van der Waals surface area contributed by atoms with Crippen LogP contribution in [0, 0.1) is 6.42 Å². The lowest BCUT2D eigenvalue weighted by Gasteiger charge is -2.14. The Morgan fingerprint density at radius 2 is 1.92 bits per heavy atom. The van der Waals surface area contributed by atoms with E-state index in [0.29, 0.717) is 0 Å². The minimum atomic E-state index is 1.26. The zero-order valence-corrected chi connectivity index (χ0v) is 8.34. The first kappa shape index (κ1) is 8.80. The van der Waals surface area contributed by atoms with Crippen molar-refractivity contribution in [3.8, 4) is 0 Å². The Bertz CT molecular complexity index is 276. The second-order valence-electron chi connectivity index (χ2n) is 4.01. The summed E-state index contributed by atoms with van der Waals surface area (Å²) in [5.41, 5.74) is 4.52. The van der Waals surface area contributed by atoms with Crippen LogP contribution >= 0.6 is 0 Å². The average molecular weight is 173 g/mol. The Kier molecular flexibility index (Phi) is 2.68. The summed E-state index contributed by atoms with van der Waals surface area (Å²) in [7, 11) is 0. The summed E-state index contributed by atoms with van der Waals surface area (Å²) in [4.78, 5) is 0. The van der Waals surface area contributed by atoms with Gasteiger partial charge in [0, 0.05) is 6.42 Å². The molecule has 0 N–H and O–H groups in total. The minimum absolute atomic E-state index is 1.26. The van der Waals surface area contributed by atoms with Gasteiger partial charge in [-0.3, -0.25) is 0 Å². The third-order valence-electron chi connectivity index (χ3n) is 2.93. The highest BCUT2D eigenvalue weighted by atomic mass is 14.2. The van der Waals surface area contributed by atoms with Crippen LogP contribution in [-0.2, 0) is 0 Å². The van der Waals surface area contributed by atoms with Gasteiger partial charge in [0.05, 0.1) is 0 Å². The van der Waals surface area contributed by atoms with E-state index in [4.69, 9.17) is 0 Å². The second kappa shape index (κ2) is 3.95. The molecule has 0 saturated heterocycles. The van der Waals surface area contributed by atoms with Crippen molar-refractivity contribution >= 4 is 0 Å². The monoisotopic (exact) mass is 173 g/mol. The first-order valence-electron chi connectivity index (χ1n) is 5.28. The number of fused-ring (bicyclic) bond motifs is 2. The second-order valence-corrected chi connectivity index (χ2v) is 4.01. The average Bonchev–Trinajstić information content (AvgIpc) is 2.24. The van der Waals surface area contributed by atoms with Gasteiger partial charge in [0.2, 0.25) is 0 Å². The van der Waals surface area contributed by atoms with Gasteiger partial charge in [0.25, 0.3) is 0 Å². The SMILES string of the molecule is CC1=C2[CH]C(=CC=C1)CCCCC2.